The normalized spacial score (nSPS) is 12.8. The van der Waals surface area contributed by atoms with Crippen molar-refractivity contribution in [3.05, 3.63) is 42.0 Å². The minimum Gasteiger partial charge on any atom is -0.497 e. The number of carbonyl (C=O) groups excluding carboxylic acids is 1. The summed E-state index contributed by atoms with van der Waals surface area (Å²) < 4.78 is 48.9. The van der Waals surface area contributed by atoms with E-state index in [2.05, 4.69) is 10.0 Å². The topological polar surface area (TPSA) is 112 Å². The van der Waals surface area contributed by atoms with Gasteiger partial charge < -0.3 is 24.3 Å². The van der Waals surface area contributed by atoms with E-state index in [1.807, 2.05) is 6.07 Å². The van der Waals surface area contributed by atoms with Gasteiger partial charge in [-0.1, -0.05) is 6.42 Å². The molecule has 2 aromatic rings. The van der Waals surface area contributed by atoms with Crippen LogP contribution in [0.3, 0.4) is 0 Å². The van der Waals surface area contributed by atoms with Gasteiger partial charge >= 0.3 is 0 Å². The molecule has 0 saturated heterocycles. The Morgan fingerprint density at radius 2 is 1.76 bits per heavy atom. The lowest BCUT2D eigenvalue weighted by Gasteiger charge is -2.18. The average molecular weight is 479 g/mol. The fraction of sp³-hybridized carbons (Fsp3) is 0.435. The van der Waals surface area contributed by atoms with Gasteiger partial charge in [-0.2, -0.15) is 0 Å². The van der Waals surface area contributed by atoms with Crippen LogP contribution in [0, 0.1) is 0 Å². The predicted octanol–water partition coefficient (Wildman–Crippen LogP) is 2.63. The predicted molar refractivity (Wildman–Crippen MR) is 122 cm³/mol. The van der Waals surface area contributed by atoms with Gasteiger partial charge in [-0.3, -0.25) is 4.79 Å². The standard InChI is InChI=1S/C23H30N2O7S/c1-29-18-7-9-20(30-2)17(14-18)16-24-23(26)6-4-3-5-11-25-33(27,28)19-8-10-21-22(15-19)32-13-12-31-21/h7-10,14-15,25H,3-6,11-13,16H2,1-2H3,(H,24,26). The number of hydrogen-bond donors (Lipinski definition) is 2. The number of hydrogen-bond acceptors (Lipinski definition) is 7. The summed E-state index contributed by atoms with van der Waals surface area (Å²) in [4.78, 5) is 12.3. The van der Waals surface area contributed by atoms with E-state index in [1.54, 1.807) is 32.4 Å². The smallest absolute Gasteiger partial charge is 0.240 e. The highest BCUT2D eigenvalue weighted by atomic mass is 32.2. The number of rotatable bonds is 12. The van der Waals surface area contributed by atoms with Crippen LogP contribution in [0.1, 0.15) is 31.2 Å². The Bertz CT molecular complexity index is 1060. The maximum atomic E-state index is 12.5. The van der Waals surface area contributed by atoms with E-state index in [0.29, 0.717) is 68.6 Å². The van der Waals surface area contributed by atoms with Crippen LogP contribution in [0.2, 0.25) is 0 Å². The summed E-state index contributed by atoms with van der Waals surface area (Å²) in [5, 5.41) is 2.88. The molecule has 2 aromatic carbocycles. The number of unbranched alkanes of at least 4 members (excludes halogenated alkanes) is 2. The van der Waals surface area contributed by atoms with Crippen molar-refractivity contribution in [1.82, 2.24) is 10.0 Å². The van der Waals surface area contributed by atoms with Crippen LogP contribution >= 0.6 is 0 Å². The molecule has 9 nitrogen and oxygen atoms in total. The second-order valence-corrected chi connectivity index (χ2v) is 9.24. The van der Waals surface area contributed by atoms with Gasteiger partial charge in [0.05, 0.1) is 19.1 Å². The SMILES string of the molecule is COc1ccc(OC)c(CNC(=O)CCCCCNS(=O)(=O)c2ccc3c(c2)OCCO3)c1. The molecule has 0 spiro atoms. The average Bonchev–Trinajstić information content (AvgIpc) is 2.84. The maximum absolute atomic E-state index is 12.5. The highest BCUT2D eigenvalue weighted by molar-refractivity contribution is 7.89. The molecule has 10 heteroatoms. The number of methoxy groups -OCH3 is 2. The zero-order chi connectivity index (χ0) is 23.7. The molecule has 3 rings (SSSR count). The van der Waals surface area contributed by atoms with Gasteiger partial charge in [0.25, 0.3) is 0 Å². The molecule has 1 aliphatic rings. The summed E-state index contributed by atoms with van der Waals surface area (Å²) >= 11 is 0. The van der Waals surface area contributed by atoms with Crippen molar-refractivity contribution in [2.75, 3.05) is 34.0 Å². The Balaban J connectivity index is 1.35. The fourth-order valence-corrected chi connectivity index (χ4v) is 4.46. The minimum absolute atomic E-state index is 0.0725. The third-order valence-corrected chi connectivity index (χ3v) is 6.62. The number of fused-ring (bicyclic) bond motifs is 1. The monoisotopic (exact) mass is 478 g/mol. The van der Waals surface area contributed by atoms with Crippen molar-refractivity contribution in [2.45, 2.75) is 37.1 Å². The Hall–Kier alpha value is -2.98. The van der Waals surface area contributed by atoms with E-state index < -0.39 is 10.0 Å². The number of ether oxygens (including phenoxy) is 4. The number of carbonyl (C=O) groups is 1. The van der Waals surface area contributed by atoms with Gasteiger partial charge in [0, 0.05) is 31.1 Å². The van der Waals surface area contributed by atoms with E-state index in [-0.39, 0.29) is 10.8 Å². The molecule has 2 N–H and O–H groups in total. The highest BCUT2D eigenvalue weighted by Crippen LogP contribution is 2.32. The highest BCUT2D eigenvalue weighted by Gasteiger charge is 2.19. The molecule has 0 aliphatic carbocycles. The van der Waals surface area contributed by atoms with Crippen LogP contribution in [0.25, 0.3) is 0 Å². The zero-order valence-corrected chi connectivity index (χ0v) is 19.7. The third kappa shape index (κ3) is 7.00. The molecule has 1 aliphatic heterocycles. The molecule has 1 heterocycles. The summed E-state index contributed by atoms with van der Waals surface area (Å²) in [7, 11) is -0.474. The molecular weight excluding hydrogens is 448 g/mol. The summed E-state index contributed by atoms with van der Waals surface area (Å²) in [5.41, 5.74) is 0.832. The lowest BCUT2D eigenvalue weighted by atomic mass is 10.1. The van der Waals surface area contributed by atoms with Gasteiger partial charge in [0.1, 0.15) is 24.7 Å². The minimum atomic E-state index is -3.64. The van der Waals surface area contributed by atoms with E-state index in [0.717, 1.165) is 12.0 Å². The second kappa shape index (κ2) is 11.8. The van der Waals surface area contributed by atoms with E-state index in [4.69, 9.17) is 18.9 Å². The lowest BCUT2D eigenvalue weighted by Crippen LogP contribution is -2.25. The molecule has 0 radical (unpaired) electrons. The van der Waals surface area contributed by atoms with Gasteiger partial charge in [-0.25, -0.2) is 13.1 Å². The number of nitrogens with one attached hydrogen (secondary N) is 2. The molecule has 0 fully saturated rings. The summed E-state index contributed by atoms with van der Waals surface area (Å²) in [5.74, 6) is 2.28. The van der Waals surface area contributed by atoms with Crippen LogP contribution in [0.5, 0.6) is 23.0 Å². The van der Waals surface area contributed by atoms with Crippen LogP contribution in [0.15, 0.2) is 41.3 Å². The zero-order valence-electron chi connectivity index (χ0n) is 18.9. The summed E-state index contributed by atoms with van der Waals surface area (Å²) in [6, 6.07) is 9.99. The first kappa shape index (κ1) is 24.7. The van der Waals surface area contributed by atoms with Crippen molar-refractivity contribution in [2.24, 2.45) is 0 Å². The molecule has 0 unspecified atom stereocenters. The quantitative estimate of drug-likeness (QED) is 0.451. The fourth-order valence-electron chi connectivity index (χ4n) is 3.37. The van der Waals surface area contributed by atoms with E-state index in [9.17, 15) is 13.2 Å². The largest absolute Gasteiger partial charge is 0.497 e. The van der Waals surface area contributed by atoms with Crippen LogP contribution in [0.4, 0.5) is 0 Å². The van der Waals surface area contributed by atoms with Crippen molar-refractivity contribution in [3.63, 3.8) is 0 Å². The van der Waals surface area contributed by atoms with Crippen molar-refractivity contribution < 1.29 is 32.2 Å². The van der Waals surface area contributed by atoms with E-state index >= 15 is 0 Å². The van der Waals surface area contributed by atoms with Gasteiger partial charge in [-0.05, 0) is 43.2 Å². The molecule has 0 aromatic heterocycles. The third-order valence-electron chi connectivity index (χ3n) is 5.16. The Labute approximate surface area is 194 Å². The van der Waals surface area contributed by atoms with Crippen molar-refractivity contribution >= 4 is 15.9 Å². The Morgan fingerprint density at radius 3 is 2.52 bits per heavy atom. The summed E-state index contributed by atoms with van der Waals surface area (Å²) in [6.45, 7) is 1.48. The number of sulfonamides is 1. The van der Waals surface area contributed by atoms with Gasteiger partial charge in [0.2, 0.25) is 15.9 Å². The van der Waals surface area contributed by atoms with Crippen molar-refractivity contribution in [3.8, 4) is 23.0 Å². The lowest BCUT2D eigenvalue weighted by molar-refractivity contribution is -0.121. The Morgan fingerprint density at radius 1 is 0.970 bits per heavy atom. The van der Waals surface area contributed by atoms with Gasteiger partial charge in [-0.15, -0.1) is 0 Å². The summed E-state index contributed by atoms with van der Waals surface area (Å²) in [6.07, 6.45) is 2.37. The van der Waals surface area contributed by atoms with Crippen molar-refractivity contribution in [1.29, 1.82) is 0 Å². The first-order valence-electron chi connectivity index (χ1n) is 10.8. The molecule has 1 amide bonds. The molecular formula is C23H30N2O7S. The number of amides is 1. The molecule has 0 bridgehead atoms. The maximum Gasteiger partial charge on any atom is 0.240 e. The molecule has 0 atom stereocenters. The second-order valence-electron chi connectivity index (χ2n) is 7.47. The molecule has 180 valence electrons. The van der Waals surface area contributed by atoms with Crippen LogP contribution in [-0.2, 0) is 21.4 Å². The first-order chi connectivity index (χ1) is 15.9. The van der Waals surface area contributed by atoms with Crippen LogP contribution < -0.4 is 29.0 Å². The first-order valence-corrected chi connectivity index (χ1v) is 12.3. The molecule has 33 heavy (non-hydrogen) atoms. The number of benzene rings is 2. The van der Waals surface area contributed by atoms with Crippen LogP contribution in [-0.4, -0.2) is 48.3 Å². The Kier molecular flexibility index (Phi) is 8.79. The molecule has 0 saturated carbocycles. The van der Waals surface area contributed by atoms with Gasteiger partial charge in [0.15, 0.2) is 11.5 Å². The van der Waals surface area contributed by atoms with E-state index in [1.165, 1.54) is 12.1 Å².